The highest BCUT2D eigenvalue weighted by Gasteiger charge is 2.10. The molecule has 0 heterocycles. The van der Waals surface area contributed by atoms with Crippen LogP contribution in [0, 0.1) is 5.41 Å². The number of para-hydroxylation sites is 2. The van der Waals surface area contributed by atoms with Crippen molar-refractivity contribution in [2.24, 2.45) is 5.41 Å². The van der Waals surface area contributed by atoms with E-state index in [9.17, 15) is 0 Å². The summed E-state index contributed by atoms with van der Waals surface area (Å²) < 4.78 is 0. The van der Waals surface area contributed by atoms with Crippen molar-refractivity contribution < 1.29 is 0 Å². The molecular weight excluding hydrogens is 232 g/mol. The van der Waals surface area contributed by atoms with E-state index in [4.69, 9.17) is 5.73 Å². The predicted molar refractivity (Wildman–Crippen MR) is 83.7 cm³/mol. The quantitative estimate of drug-likeness (QED) is 0.785. The lowest BCUT2D eigenvalue weighted by Crippen LogP contribution is -2.08. The molecule has 0 unspecified atom stereocenters. The van der Waals surface area contributed by atoms with E-state index < -0.39 is 0 Å². The van der Waals surface area contributed by atoms with Crippen molar-refractivity contribution in [3.05, 3.63) is 54.1 Å². The highest BCUT2D eigenvalue weighted by molar-refractivity contribution is 5.72. The van der Waals surface area contributed by atoms with E-state index in [1.165, 1.54) is 5.56 Å². The molecule has 100 valence electrons. The van der Waals surface area contributed by atoms with Gasteiger partial charge < -0.3 is 11.1 Å². The molecule has 2 aromatic rings. The zero-order chi connectivity index (χ0) is 13.9. The number of benzene rings is 2. The van der Waals surface area contributed by atoms with Crippen LogP contribution in [0.1, 0.15) is 26.3 Å². The molecule has 2 aromatic carbocycles. The number of nitrogens with one attached hydrogen (secondary N) is 1. The summed E-state index contributed by atoms with van der Waals surface area (Å²) in [7, 11) is 0. The van der Waals surface area contributed by atoms with Gasteiger partial charge in [-0.05, 0) is 41.7 Å². The van der Waals surface area contributed by atoms with Crippen molar-refractivity contribution in [1.82, 2.24) is 0 Å². The molecule has 0 radical (unpaired) electrons. The highest BCUT2D eigenvalue weighted by Crippen LogP contribution is 2.25. The van der Waals surface area contributed by atoms with Gasteiger partial charge in [0.25, 0.3) is 0 Å². The number of rotatable bonds is 3. The Morgan fingerprint density at radius 1 is 0.947 bits per heavy atom. The summed E-state index contributed by atoms with van der Waals surface area (Å²) >= 11 is 0. The van der Waals surface area contributed by atoms with Crippen LogP contribution in [-0.2, 0) is 6.42 Å². The Morgan fingerprint density at radius 3 is 2.16 bits per heavy atom. The molecule has 0 fully saturated rings. The summed E-state index contributed by atoms with van der Waals surface area (Å²) in [5, 5.41) is 3.34. The molecule has 0 aliphatic heterocycles. The van der Waals surface area contributed by atoms with Crippen molar-refractivity contribution in [1.29, 1.82) is 0 Å². The van der Waals surface area contributed by atoms with Crippen molar-refractivity contribution >= 4 is 17.1 Å². The average Bonchev–Trinajstić information content (AvgIpc) is 2.33. The summed E-state index contributed by atoms with van der Waals surface area (Å²) in [6.45, 7) is 6.76. The Morgan fingerprint density at radius 2 is 1.58 bits per heavy atom. The molecule has 0 spiro atoms. The normalized spacial score (nSPS) is 11.3. The van der Waals surface area contributed by atoms with Gasteiger partial charge in [0.15, 0.2) is 0 Å². The third kappa shape index (κ3) is 4.02. The Labute approximate surface area is 115 Å². The summed E-state index contributed by atoms with van der Waals surface area (Å²) in [6, 6.07) is 16.4. The second-order valence-corrected chi connectivity index (χ2v) is 6.15. The predicted octanol–water partition coefficient (Wildman–Crippen LogP) is 4.60. The monoisotopic (exact) mass is 254 g/mol. The van der Waals surface area contributed by atoms with Crippen molar-refractivity contribution in [3.8, 4) is 0 Å². The minimum absolute atomic E-state index is 0.318. The van der Waals surface area contributed by atoms with Crippen LogP contribution in [0.25, 0.3) is 0 Å². The van der Waals surface area contributed by atoms with E-state index in [-0.39, 0.29) is 0 Å². The fourth-order valence-corrected chi connectivity index (χ4v) is 2.08. The standard InChI is InChI=1S/C17H22N2/c1-17(2,3)12-13-8-10-14(11-9-13)19-16-7-5-4-6-15(16)18/h4-11,19H,12,18H2,1-3H3. The molecule has 0 atom stereocenters. The Kier molecular flexibility index (Phi) is 3.79. The van der Waals surface area contributed by atoms with Crippen molar-refractivity contribution in [2.75, 3.05) is 11.1 Å². The zero-order valence-electron chi connectivity index (χ0n) is 11.9. The summed E-state index contributed by atoms with van der Waals surface area (Å²) in [5.74, 6) is 0. The molecule has 0 saturated heterocycles. The molecule has 0 aliphatic carbocycles. The fourth-order valence-electron chi connectivity index (χ4n) is 2.08. The number of anilines is 3. The SMILES string of the molecule is CC(C)(C)Cc1ccc(Nc2ccccc2N)cc1. The molecule has 2 heteroatoms. The Hall–Kier alpha value is -1.96. The van der Waals surface area contributed by atoms with E-state index >= 15 is 0 Å². The van der Waals surface area contributed by atoms with Crippen LogP contribution in [0.3, 0.4) is 0 Å². The summed E-state index contributed by atoms with van der Waals surface area (Å²) in [6.07, 6.45) is 1.08. The van der Waals surface area contributed by atoms with Gasteiger partial charge in [-0.3, -0.25) is 0 Å². The van der Waals surface area contributed by atoms with E-state index in [1.807, 2.05) is 24.3 Å². The number of hydrogen-bond donors (Lipinski definition) is 2. The van der Waals surface area contributed by atoms with Gasteiger partial charge in [-0.15, -0.1) is 0 Å². The molecule has 0 bridgehead atoms. The average molecular weight is 254 g/mol. The zero-order valence-corrected chi connectivity index (χ0v) is 11.9. The molecule has 0 amide bonds. The smallest absolute Gasteiger partial charge is 0.0617 e. The Balaban J connectivity index is 2.09. The van der Waals surface area contributed by atoms with Crippen LogP contribution < -0.4 is 11.1 Å². The van der Waals surface area contributed by atoms with Gasteiger partial charge in [0, 0.05) is 5.69 Å². The molecule has 0 aromatic heterocycles. The second-order valence-electron chi connectivity index (χ2n) is 6.15. The molecule has 3 N–H and O–H groups in total. The largest absolute Gasteiger partial charge is 0.397 e. The maximum Gasteiger partial charge on any atom is 0.0617 e. The third-order valence-electron chi connectivity index (χ3n) is 2.93. The first-order valence-corrected chi connectivity index (χ1v) is 6.64. The lowest BCUT2D eigenvalue weighted by molar-refractivity contribution is 0.411. The maximum atomic E-state index is 5.92. The molecule has 0 saturated carbocycles. The number of nitrogens with two attached hydrogens (primary N) is 1. The van der Waals surface area contributed by atoms with E-state index in [1.54, 1.807) is 0 Å². The number of hydrogen-bond acceptors (Lipinski definition) is 2. The van der Waals surface area contributed by atoms with Crippen LogP contribution >= 0.6 is 0 Å². The van der Waals surface area contributed by atoms with Crippen LogP contribution in [0.4, 0.5) is 17.1 Å². The molecule has 2 rings (SSSR count). The molecule has 19 heavy (non-hydrogen) atoms. The van der Waals surface area contributed by atoms with Gasteiger partial charge >= 0.3 is 0 Å². The molecule has 2 nitrogen and oxygen atoms in total. The van der Waals surface area contributed by atoms with Gasteiger partial charge in [-0.1, -0.05) is 45.0 Å². The van der Waals surface area contributed by atoms with Gasteiger partial charge in [0.1, 0.15) is 0 Å². The minimum atomic E-state index is 0.318. The third-order valence-corrected chi connectivity index (χ3v) is 2.93. The van der Waals surface area contributed by atoms with E-state index in [0.29, 0.717) is 5.41 Å². The van der Waals surface area contributed by atoms with Crippen LogP contribution in [0.15, 0.2) is 48.5 Å². The topological polar surface area (TPSA) is 38.0 Å². The van der Waals surface area contributed by atoms with Gasteiger partial charge in [-0.2, -0.15) is 0 Å². The lowest BCUT2D eigenvalue weighted by Gasteiger charge is -2.18. The van der Waals surface area contributed by atoms with E-state index in [0.717, 1.165) is 23.5 Å². The minimum Gasteiger partial charge on any atom is -0.397 e. The number of nitrogen functional groups attached to an aromatic ring is 1. The molecular formula is C17H22N2. The van der Waals surface area contributed by atoms with E-state index in [2.05, 4.69) is 50.4 Å². The van der Waals surface area contributed by atoms with Gasteiger partial charge in [0.2, 0.25) is 0 Å². The second kappa shape index (κ2) is 5.35. The maximum absolute atomic E-state index is 5.92. The molecule has 0 aliphatic rings. The van der Waals surface area contributed by atoms with Crippen LogP contribution in [0.2, 0.25) is 0 Å². The van der Waals surface area contributed by atoms with Gasteiger partial charge in [-0.25, -0.2) is 0 Å². The van der Waals surface area contributed by atoms with Crippen LogP contribution in [0.5, 0.6) is 0 Å². The lowest BCUT2D eigenvalue weighted by atomic mass is 9.88. The highest BCUT2D eigenvalue weighted by atomic mass is 14.9. The first kappa shape index (κ1) is 13.5. The van der Waals surface area contributed by atoms with Crippen molar-refractivity contribution in [3.63, 3.8) is 0 Å². The Bertz CT molecular complexity index is 536. The first-order valence-electron chi connectivity index (χ1n) is 6.64. The van der Waals surface area contributed by atoms with Crippen LogP contribution in [-0.4, -0.2) is 0 Å². The summed E-state index contributed by atoms with van der Waals surface area (Å²) in [5.41, 5.74) is 10.4. The van der Waals surface area contributed by atoms with Gasteiger partial charge in [0.05, 0.1) is 11.4 Å². The fraction of sp³-hybridized carbons (Fsp3) is 0.294. The first-order chi connectivity index (χ1) is 8.94. The van der Waals surface area contributed by atoms with Crippen molar-refractivity contribution in [2.45, 2.75) is 27.2 Å². The summed E-state index contributed by atoms with van der Waals surface area (Å²) in [4.78, 5) is 0.